The second-order valence-electron chi connectivity index (χ2n) is 4.06. The highest BCUT2D eigenvalue weighted by atomic mass is 16.5. The highest BCUT2D eigenvalue weighted by Crippen LogP contribution is 2.20. The molecule has 2 rings (SSSR count). The number of carboxylic acid groups (broad SMARTS) is 1. The Morgan fingerprint density at radius 2 is 2.33 bits per heavy atom. The molecule has 0 aliphatic rings. The molecule has 0 bridgehead atoms. The standard InChI is InChI=1S/C13H14N2O3/c1-9(2)6-8-18-12-11(13(16)17)15-7-4-3-5-10(15)14-12/h3-5,7H,1,6,8H2,2H3,(H,16,17). The predicted molar refractivity (Wildman–Crippen MR) is 67.1 cm³/mol. The van der Waals surface area contributed by atoms with Crippen LogP contribution < -0.4 is 4.74 Å². The van der Waals surface area contributed by atoms with Crippen LogP contribution in [0.3, 0.4) is 0 Å². The molecule has 0 amide bonds. The normalized spacial score (nSPS) is 10.5. The van der Waals surface area contributed by atoms with Crippen molar-refractivity contribution in [3.63, 3.8) is 0 Å². The van der Waals surface area contributed by atoms with Crippen LogP contribution in [0.15, 0.2) is 36.5 Å². The SMILES string of the molecule is C=C(C)CCOc1nc2ccccn2c1C(=O)O. The molecule has 2 heterocycles. The van der Waals surface area contributed by atoms with Crippen molar-refractivity contribution in [2.24, 2.45) is 0 Å². The summed E-state index contributed by atoms with van der Waals surface area (Å²) in [6.07, 6.45) is 2.32. The highest BCUT2D eigenvalue weighted by Gasteiger charge is 2.19. The molecule has 2 aromatic rings. The Morgan fingerprint density at radius 1 is 1.56 bits per heavy atom. The number of hydrogen-bond donors (Lipinski definition) is 1. The quantitative estimate of drug-likeness (QED) is 0.823. The predicted octanol–water partition coefficient (Wildman–Crippen LogP) is 2.38. The van der Waals surface area contributed by atoms with Gasteiger partial charge in [-0.25, -0.2) is 4.79 Å². The number of aromatic nitrogens is 2. The summed E-state index contributed by atoms with van der Waals surface area (Å²) < 4.78 is 6.92. The Kier molecular flexibility index (Phi) is 3.32. The monoisotopic (exact) mass is 246 g/mol. The average Bonchev–Trinajstić information content (AvgIpc) is 2.66. The van der Waals surface area contributed by atoms with Gasteiger partial charge in [-0.1, -0.05) is 11.6 Å². The van der Waals surface area contributed by atoms with Gasteiger partial charge in [0.15, 0.2) is 5.69 Å². The van der Waals surface area contributed by atoms with Gasteiger partial charge in [-0.15, -0.1) is 6.58 Å². The molecule has 0 aliphatic carbocycles. The van der Waals surface area contributed by atoms with Crippen molar-refractivity contribution in [2.75, 3.05) is 6.61 Å². The minimum absolute atomic E-state index is 0.0484. The van der Waals surface area contributed by atoms with Crippen LogP contribution in [0.1, 0.15) is 23.8 Å². The number of fused-ring (bicyclic) bond motifs is 1. The Hall–Kier alpha value is -2.30. The molecule has 0 fully saturated rings. The lowest BCUT2D eigenvalue weighted by molar-refractivity contribution is 0.0684. The third-order valence-electron chi connectivity index (χ3n) is 2.47. The molecular weight excluding hydrogens is 232 g/mol. The van der Waals surface area contributed by atoms with Crippen LogP contribution in [-0.2, 0) is 0 Å². The summed E-state index contributed by atoms with van der Waals surface area (Å²) in [6.45, 7) is 6.03. The fourth-order valence-corrected chi connectivity index (χ4v) is 1.59. The van der Waals surface area contributed by atoms with Crippen molar-refractivity contribution < 1.29 is 14.6 Å². The van der Waals surface area contributed by atoms with Crippen LogP contribution in [0, 0.1) is 0 Å². The van der Waals surface area contributed by atoms with Crippen molar-refractivity contribution in [2.45, 2.75) is 13.3 Å². The van der Waals surface area contributed by atoms with Gasteiger partial charge in [0, 0.05) is 12.6 Å². The molecule has 5 heteroatoms. The van der Waals surface area contributed by atoms with Crippen molar-refractivity contribution in [1.82, 2.24) is 9.38 Å². The molecule has 0 aliphatic heterocycles. The summed E-state index contributed by atoms with van der Waals surface area (Å²) in [5, 5.41) is 9.20. The van der Waals surface area contributed by atoms with E-state index < -0.39 is 5.97 Å². The summed E-state index contributed by atoms with van der Waals surface area (Å²) in [7, 11) is 0. The molecule has 0 radical (unpaired) electrons. The smallest absolute Gasteiger partial charge is 0.358 e. The van der Waals surface area contributed by atoms with E-state index in [0.29, 0.717) is 18.7 Å². The van der Waals surface area contributed by atoms with Gasteiger partial charge in [0.25, 0.3) is 0 Å². The number of carboxylic acids is 1. The lowest BCUT2D eigenvalue weighted by atomic mass is 10.3. The summed E-state index contributed by atoms with van der Waals surface area (Å²) >= 11 is 0. The topological polar surface area (TPSA) is 63.8 Å². The van der Waals surface area contributed by atoms with E-state index in [1.165, 1.54) is 4.40 Å². The number of nitrogens with zero attached hydrogens (tertiary/aromatic N) is 2. The fraction of sp³-hybridized carbons (Fsp3) is 0.231. The van der Waals surface area contributed by atoms with Gasteiger partial charge in [-0.2, -0.15) is 4.98 Å². The molecule has 94 valence electrons. The van der Waals surface area contributed by atoms with Crippen LogP contribution in [0.25, 0.3) is 5.65 Å². The third-order valence-corrected chi connectivity index (χ3v) is 2.47. The van der Waals surface area contributed by atoms with E-state index in [1.54, 1.807) is 24.4 Å². The number of rotatable bonds is 5. The zero-order chi connectivity index (χ0) is 13.1. The van der Waals surface area contributed by atoms with Gasteiger partial charge in [0.2, 0.25) is 5.88 Å². The molecule has 0 aromatic carbocycles. The first-order valence-electron chi connectivity index (χ1n) is 5.57. The van der Waals surface area contributed by atoms with E-state index >= 15 is 0 Å². The Labute approximate surface area is 104 Å². The number of aromatic carboxylic acids is 1. The Bertz CT molecular complexity index is 601. The van der Waals surface area contributed by atoms with E-state index in [1.807, 2.05) is 6.92 Å². The van der Waals surface area contributed by atoms with E-state index in [-0.39, 0.29) is 11.6 Å². The van der Waals surface area contributed by atoms with Crippen LogP contribution in [0.4, 0.5) is 0 Å². The van der Waals surface area contributed by atoms with Gasteiger partial charge < -0.3 is 9.84 Å². The Morgan fingerprint density at radius 3 is 3.00 bits per heavy atom. The van der Waals surface area contributed by atoms with E-state index in [4.69, 9.17) is 4.74 Å². The van der Waals surface area contributed by atoms with E-state index in [2.05, 4.69) is 11.6 Å². The first-order chi connectivity index (χ1) is 8.59. The summed E-state index contributed by atoms with van der Waals surface area (Å²) in [5.41, 5.74) is 1.59. The molecule has 0 spiro atoms. The van der Waals surface area contributed by atoms with E-state index in [9.17, 15) is 9.90 Å². The van der Waals surface area contributed by atoms with Crippen molar-refractivity contribution in [1.29, 1.82) is 0 Å². The second kappa shape index (κ2) is 4.91. The van der Waals surface area contributed by atoms with Gasteiger partial charge in [-0.05, 0) is 19.1 Å². The molecule has 0 saturated carbocycles. The van der Waals surface area contributed by atoms with Gasteiger partial charge in [-0.3, -0.25) is 4.40 Å². The van der Waals surface area contributed by atoms with Crippen molar-refractivity contribution >= 4 is 11.6 Å². The number of carbonyl (C=O) groups is 1. The molecule has 1 N–H and O–H groups in total. The number of ether oxygens (including phenoxy) is 1. The van der Waals surface area contributed by atoms with E-state index in [0.717, 1.165) is 5.57 Å². The molecule has 5 nitrogen and oxygen atoms in total. The summed E-state index contributed by atoms with van der Waals surface area (Å²) in [4.78, 5) is 15.4. The molecule has 0 unspecified atom stereocenters. The minimum atomic E-state index is -1.06. The largest absolute Gasteiger partial charge is 0.476 e. The lowest BCUT2D eigenvalue weighted by Crippen LogP contribution is -2.06. The molecular formula is C13H14N2O3. The maximum absolute atomic E-state index is 11.2. The van der Waals surface area contributed by atoms with Crippen molar-refractivity contribution in [3.8, 4) is 5.88 Å². The minimum Gasteiger partial charge on any atom is -0.476 e. The van der Waals surface area contributed by atoms with Crippen LogP contribution in [-0.4, -0.2) is 27.1 Å². The van der Waals surface area contributed by atoms with Crippen molar-refractivity contribution in [3.05, 3.63) is 42.2 Å². The number of pyridine rings is 1. The highest BCUT2D eigenvalue weighted by molar-refractivity contribution is 5.89. The van der Waals surface area contributed by atoms with Crippen LogP contribution in [0.2, 0.25) is 0 Å². The molecule has 2 aromatic heterocycles. The molecule has 18 heavy (non-hydrogen) atoms. The van der Waals surface area contributed by atoms with Gasteiger partial charge >= 0.3 is 5.97 Å². The molecule has 0 saturated heterocycles. The molecule has 0 atom stereocenters. The van der Waals surface area contributed by atoms with Gasteiger partial charge in [0.1, 0.15) is 5.65 Å². The summed E-state index contributed by atoms with van der Waals surface area (Å²) in [5.74, 6) is -0.908. The third kappa shape index (κ3) is 2.34. The maximum atomic E-state index is 11.2. The number of hydrogen-bond acceptors (Lipinski definition) is 3. The zero-order valence-electron chi connectivity index (χ0n) is 10.1. The fourth-order valence-electron chi connectivity index (χ4n) is 1.59. The lowest BCUT2D eigenvalue weighted by Gasteiger charge is -2.03. The Balaban J connectivity index is 2.34. The second-order valence-corrected chi connectivity index (χ2v) is 4.06. The number of imidazole rings is 1. The zero-order valence-corrected chi connectivity index (χ0v) is 10.1. The maximum Gasteiger partial charge on any atom is 0.358 e. The average molecular weight is 246 g/mol. The summed E-state index contributed by atoms with van der Waals surface area (Å²) in [6, 6.07) is 5.28. The van der Waals surface area contributed by atoms with Crippen LogP contribution in [0.5, 0.6) is 5.88 Å². The first kappa shape index (κ1) is 12.2. The first-order valence-corrected chi connectivity index (χ1v) is 5.57. The van der Waals surface area contributed by atoms with Crippen LogP contribution >= 0.6 is 0 Å². The van der Waals surface area contributed by atoms with Gasteiger partial charge in [0.05, 0.1) is 6.61 Å².